The van der Waals surface area contributed by atoms with Gasteiger partial charge in [-0.15, -0.1) is 0 Å². The van der Waals surface area contributed by atoms with Crippen LogP contribution in [0.15, 0.2) is 34.9 Å². The number of halogens is 1. The number of thiazole rings is 1. The van der Waals surface area contributed by atoms with Crippen molar-refractivity contribution >= 4 is 34.0 Å². The first-order valence-electron chi connectivity index (χ1n) is 7.84. The molecule has 3 aromatic rings. The molecule has 2 heterocycles. The summed E-state index contributed by atoms with van der Waals surface area (Å²) in [7, 11) is 4.71. The van der Waals surface area contributed by atoms with Gasteiger partial charge in [-0.25, -0.2) is 4.98 Å². The summed E-state index contributed by atoms with van der Waals surface area (Å²) in [6, 6.07) is 6.86. The van der Waals surface area contributed by atoms with Crippen molar-refractivity contribution in [3.05, 3.63) is 51.9 Å². The minimum atomic E-state index is -0.402. The van der Waals surface area contributed by atoms with Gasteiger partial charge in [-0.05, 0) is 12.1 Å². The topological polar surface area (TPSA) is 82.8 Å². The summed E-state index contributed by atoms with van der Waals surface area (Å²) in [4.78, 5) is 16.3. The third-order valence-electron chi connectivity index (χ3n) is 3.75. The van der Waals surface area contributed by atoms with Crippen molar-refractivity contribution in [3.8, 4) is 17.2 Å². The maximum absolute atomic E-state index is 12.3. The van der Waals surface area contributed by atoms with Gasteiger partial charge in [-0.2, -0.15) is 0 Å². The number of amides is 1. The number of methoxy groups -OCH3 is 3. The SMILES string of the molecule is COc1cc(OC)c(Cc2ccc(C(=O)Nc3ncc(Cl)s3)o2)c(OC)c1. The second kappa shape index (κ2) is 8.32. The maximum Gasteiger partial charge on any atom is 0.293 e. The standard InChI is InChI=1S/C18H17ClN2O5S/c1-23-11-7-14(24-2)12(15(8-11)25-3)6-10-4-5-13(26-10)17(22)21-18-20-9-16(19)27-18/h4-5,7-9H,6H2,1-3H3,(H,20,21,22). The zero-order valence-electron chi connectivity index (χ0n) is 14.9. The quantitative estimate of drug-likeness (QED) is 0.629. The normalized spacial score (nSPS) is 10.5. The van der Waals surface area contributed by atoms with Gasteiger partial charge in [0.05, 0.1) is 27.5 Å². The largest absolute Gasteiger partial charge is 0.496 e. The summed E-state index contributed by atoms with van der Waals surface area (Å²) in [6.07, 6.45) is 1.85. The lowest BCUT2D eigenvalue weighted by atomic mass is 10.1. The number of benzene rings is 1. The van der Waals surface area contributed by atoms with Crippen molar-refractivity contribution in [1.82, 2.24) is 4.98 Å². The molecule has 0 atom stereocenters. The first-order valence-corrected chi connectivity index (χ1v) is 9.03. The highest BCUT2D eigenvalue weighted by Gasteiger charge is 2.18. The summed E-state index contributed by atoms with van der Waals surface area (Å²) >= 11 is 6.98. The van der Waals surface area contributed by atoms with Crippen molar-refractivity contribution < 1.29 is 23.4 Å². The predicted molar refractivity (Wildman–Crippen MR) is 103 cm³/mol. The molecular weight excluding hydrogens is 392 g/mol. The lowest BCUT2D eigenvalue weighted by Crippen LogP contribution is -2.10. The van der Waals surface area contributed by atoms with Crippen LogP contribution >= 0.6 is 22.9 Å². The number of aromatic nitrogens is 1. The van der Waals surface area contributed by atoms with Gasteiger partial charge in [0.1, 0.15) is 27.3 Å². The Labute approximate surface area is 164 Å². The van der Waals surface area contributed by atoms with Crippen LogP contribution < -0.4 is 19.5 Å². The highest BCUT2D eigenvalue weighted by atomic mass is 35.5. The lowest BCUT2D eigenvalue weighted by molar-refractivity contribution is 0.0995. The van der Waals surface area contributed by atoms with Gasteiger partial charge >= 0.3 is 0 Å². The number of furan rings is 1. The Bertz CT molecular complexity index is 928. The Kier molecular flexibility index (Phi) is 5.88. The minimum absolute atomic E-state index is 0.169. The second-order valence-corrected chi connectivity index (χ2v) is 7.04. The van der Waals surface area contributed by atoms with E-state index >= 15 is 0 Å². The van der Waals surface area contributed by atoms with Crippen LogP contribution in [0.4, 0.5) is 5.13 Å². The van der Waals surface area contributed by atoms with E-state index in [0.29, 0.717) is 38.9 Å². The van der Waals surface area contributed by atoms with Crippen LogP contribution in [0, 0.1) is 0 Å². The number of nitrogens with zero attached hydrogens (tertiary/aromatic N) is 1. The monoisotopic (exact) mass is 408 g/mol. The van der Waals surface area contributed by atoms with E-state index in [1.165, 1.54) is 17.5 Å². The molecule has 7 nitrogen and oxygen atoms in total. The number of ether oxygens (including phenoxy) is 3. The van der Waals surface area contributed by atoms with Crippen LogP contribution in [-0.4, -0.2) is 32.2 Å². The molecule has 142 valence electrons. The molecule has 0 spiro atoms. The molecule has 0 aliphatic carbocycles. The van der Waals surface area contributed by atoms with Crippen LogP contribution in [0.25, 0.3) is 0 Å². The van der Waals surface area contributed by atoms with Gasteiger partial charge in [0.25, 0.3) is 5.91 Å². The summed E-state index contributed by atoms with van der Waals surface area (Å²) < 4.78 is 22.3. The Morgan fingerprint density at radius 1 is 1.19 bits per heavy atom. The average Bonchev–Trinajstić information content (AvgIpc) is 3.30. The molecule has 0 fully saturated rings. The van der Waals surface area contributed by atoms with E-state index in [0.717, 1.165) is 5.56 Å². The smallest absolute Gasteiger partial charge is 0.293 e. The van der Waals surface area contributed by atoms with Crippen molar-refractivity contribution in [1.29, 1.82) is 0 Å². The second-order valence-electron chi connectivity index (χ2n) is 5.38. The first-order chi connectivity index (χ1) is 13.0. The molecule has 0 saturated carbocycles. The van der Waals surface area contributed by atoms with E-state index in [1.807, 2.05) is 0 Å². The highest BCUT2D eigenvalue weighted by molar-refractivity contribution is 7.19. The summed E-state index contributed by atoms with van der Waals surface area (Å²) in [5.74, 6) is 2.17. The molecule has 0 aliphatic rings. The zero-order chi connectivity index (χ0) is 19.4. The fraction of sp³-hybridized carbons (Fsp3) is 0.222. The molecule has 1 amide bonds. The number of carbonyl (C=O) groups excluding carboxylic acids is 1. The first kappa shape index (κ1) is 19.1. The van der Waals surface area contributed by atoms with E-state index in [4.69, 9.17) is 30.2 Å². The molecule has 0 radical (unpaired) electrons. The van der Waals surface area contributed by atoms with Crippen LogP contribution in [0.1, 0.15) is 21.9 Å². The molecule has 0 unspecified atom stereocenters. The molecule has 0 aliphatic heterocycles. The van der Waals surface area contributed by atoms with Crippen LogP contribution in [0.5, 0.6) is 17.2 Å². The summed E-state index contributed by atoms with van der Waals surface area (Å²) in [5, 5.41) is 3.04. The van der Waals surface area contributed by atoms with E-state index in [2.05, 4.69) is 10.3 Å². The lowest BCUT2D eigenvalue weighted by Gasteiger charge is -2.14. The van der Waals surface area contributed by atoms with Gasteiger partial charge < -0.3 is 18.6 Å². The van der Waals surface area contributed by atoms with Gasteiger partial charge in [0.2, 0.25) is 0 Å². The van der Waals surface area contributed by atoms with Crippen LogP contribution in [0.2, 0.25) is 4.34 Å². The summed E-state index contributed by atoms with van der Waals surface area (Å²) in [5.41, 5.74) is 0.786. The number of carbonyl (C=O) groups is 1. The fourth-order valence-corrected chi connectivity index (χ4v) is 3.30. The highest BCUT2D eigenvalue weighted by Crippen LogP contribution is 2.36. The van der Waals surface area contributed by atoms with Gasteiger partial charge in [-0.1, -0.05) is 22.9 Å². The third kappa shape index (κ3) is 4.35. The van der Waals surface area contributed by atoms with E-state index in [-0.39, 0.29) is 5.76 Å². The molecule has 0 saturated heterocycles. The summed E-state index contributed by atoms with van der Waals surface area (Å²) in [6.45, 7) is 0. The average molecular weight is 409 g/mol. The Morgan fingerprint density at radius 3 is 2.44 bits per heavy atom. The van der Waals surface area contributed by atoms with Gasteiger partial charge in [0, 0.05) is 24.1 Å². The number of hydrogen-bond donors (Lipinski definition) is 1. The van der Waals surface area contributed by atoms with E-state index in [1.54, 1.807) is 45.6 Å². The number of nitrogens with one attached hydrogen (secondary N) is 1. The molecule has 9 heteroatoms. The molecule has 27 heavy (non-hydrogen) atoms. The Balaban J connectivity index is 1.80. The van der Waals surface area contributed by atoms with Gasteiger partial charge in [-0.3, -0.25) is 10.1 Å². The molecule has 0 bridgehead atoms. The predicted octanol–water partition coefficient (Wildman–Crippen LogP) is 4.26. The third-order valence-corrected chi connectivity index (χ3v) is 4.78. The molecular formula is C18H17ClN2O5S. The molecule has 1 N–H and O–H groups in total. The van der Waals surface area contributed by atoms with E-state index < -0.39 is 5.91 Å². The number of anilines is 1. The maximum atomic E-state index is 12.3. The molecule has 3 rings (SSSR count). The fourth-order valence-electron chi connectivity index (χ4n) is 2.49. The van der Waals surface area contributed by atoms with Crippen molar-refractivity contribution in [2.75, 3.05) is 26.6 Å². The molecule has 2 aromatic heterocycles. The van der Waals surface area contributed by atoms with Crippen molar-refractivity contribution in [3.63, 3.8) is 0 Å². The Morgan fingerprint density at radius 2 is 1.89 bits per heavy atom. The van der Waals surface area contributed by atoms with E-state index in [9.17, 15) is 4.79 Å². The van der Waals surface area contributed by atoms with Gasteiger partial charge in [0.15, 0.2) is 10.9 Å². The van der Waals surface area contributed by atoms with Crippen LogP contribution in [-0.2, 0) is 6.42 Å². The van der Waals surface area contributed by atoms with Crippen LogP contribution in [0.3, 0.4) is 0 Å². The van der Waals surface area contributed by atoms with Crippen molar-refractivity contribution in [2.45, 2.75) is 6.42 Å². The minimum Gasteiger partial charge on any atom is -0.496 e. The number of hydrogen-bond acceptors (Lipinski definition) is 7. The molecule has 1 aromatic carbocycles. The van der Waals surface area contributed by atoms with Crippen molar-refractivity contribution in [2.24, 2.45) is 0 Å². The zero-order valence-corrected chi connectivity index (χ0v) is 16.4. The number of rotatable bonds is 7. The Hall–Kier alpha value is -2.71.